The van der Waals surface area contributed by atoms with Crippen LogP contribution in [0.4, 0.5) is 0 Å². The van der Waals surface area contributed by atoms with Crippen molar-refractivity contribution < 1.29 is 8.42 Å². The van der Waals surface area contributed by atoms with Gasteiger partial charge in [-0.3, -0.25) is 0 Å². The minimum Gasteiger partial charge on any atom is -0.207 e. The van der Waals surface area contributed by atoms with Crippen LogP contribution in [0, 0.1) is 11.8 Å². The van der Waals surface area contributed by atoms with Crippen molar-refractivity contribution in [2.24, 2.45) is 11.8 Å². The number of rotatable bonds is 3. The molecule has 1 aromatic carbocycles. The molecule has 2 aliphatic rings. The molecular weight excluding hydrogens is 282 g/mol. The molecule has 1 aliphatic carbocycles. The quantitative estimate of drug-likeness (QED) is 0.860. The van der Waals surface area contributed by atoms with E-state index in [1.165, 1.54) is 12.8 Å². The van der Waals surface area contributed by atoms with Crippen molar-refractivity contribution in [3.63, 3.8) is 0 Å². The van der Waals surface area contributed by atoms with Crippen LogP contribution in [0.1, 0.15) is 25.7 Å². The molecule has 1 aliphatic heterocycles. The molecule has 0 unspecified atom stereocenters. The summed E-state index contributed by atoms with van der Waals surface area (Å²) in [5.74, 6) is 1.60. The topological polar surface area (TPSA) is 37.4 Å². The Labute approximate surface area is 119 Å². The highest BCUT2D eigenvalue weighted by Crippen LogP contribution is 2.42. The Hall–Kier alpha value is -0.580. The molecule has 1 heterocycles. The zero-order valence-electron chi connectivity index (χ0n) is 10.8. The van der Waals surface area contributed by atoms with Crippen LogP contribution in [0.3, 0.4) is 0 Å². The van der Waals surface area contributed by atoms with Gasteiger partial charge in [0.1, 0.15) is 4.90 Å². The first-order chi connectivity index (χ1) is 9.09. The van der Waals surface area contributed by atoms with Crippen LogP contribution < -0.4 is 0 Å². The van der Waals surface area contributed by atoms with E-state index in [0.29, 0.717) is 18.1 Å². The molecule has 3 rings (SSSR count). The average molecular weight is 300 g/mol. The SMILES string of the molecule is O=S(=O)(c1ccccc1Cl)N1CCC(C2CC2)CC1. The lowest BCUT2D eigenvalue weighted by atomic mass is 9.93. The number of piperidine rings is 1. The van der Waals surface area contributed by atoms with Crippen molar-refractivity contribution in [1.82, 2.24) is 4.31 Å². The lowest BCUT2D eigenvalue weighted by Crippen LogP contribution is -2.38. The molecule has 0 spiro atoms. The van der Waals surface area contributed by atoms with Gasteiger partial charge in [0.25, 0.3) is 0 Å². The van der Waals surface area contributed by atoms with Crippen LogP contribution in [0.25, 0.3) is 0 Å². The van der Waals surface area contributed by atoms with E-state index in [0.717, 1.165) is 24.7 Å². The second kappa shape index (κ2) is 5.08. The second-order valence-corrected chi connectivity index (χ2v) is 7.82. The van der Waals surface area contributed by atoms with E-state index >= 15 is 0 Å². The fraction of sp³-hybridized carbons (Fsp3) is 0.571. The Kier molecular flexibility index (Phi) is 3.58. The third kappa shape index (κ3) is 2.67. The van der Waals surface area contributed by atoms with Gasteiger partial charge in [-0.1, -0.05) is 23.7 Å². The fourth-order valence-corrected chi connectivity index (χ4v) is 4.91. The van der Waals surface area contributed by atoms with Gasteiger partial charge in [-0.15, -0.1) is 0 Å². The first kappa shape index (κ1) is 13.4. The van der Waals surface area contributed by atoms with Gasteiger partial charge in [0.15, 0.2) is 0 Å². The van der Waals surface area contributed by atoms with Gasteiger partial charge < -0.3 is 0 Å². The number of benzene rings is 1. The van der Waals surface area contributed by atoms with Gasteiger partial charge in [-0.2, -0.15) is 4.31 Å². The summed E-state index contributed by atoms with van der Waals surface area (Å²) in [5.41, 5.74) is 0. The normalized spacial score (nSPS) is 22.6. The zero-order valence-corrected chi connectivity index (χ0v) is 12.3. The summed E-state index contributed by atoms with van der Waals surface area (Å²) in [4.78, 5) is 0.238. The first-order valence-corrected chi connectivity index (χ1v) is 8.65. The molecule has 0 bridgehead atoms. The fourth-order valence-electron chi connectivity index (χ4n) is 2.95. The molecule has 1 aromatic rings. The summed E-state index contributed by atoms with van der Waals surface area (Å²) >= 11 is 6.01. The summed E-state index contributed by atoms with van der Waals surface area (Å²) in [6.45, 7) is 1.27. The Morgan fingerprint density at radius 3 is 2.16 bits per heavy atom. The maximum absolute atomic E-state index is 12.5. The summed E-state index contributed by atoms with van der Waals surface area (Å²) < 4.78 is 26.7. The molecule has 1 saturated carbocycles. The minimum atomic E-state index is -3.42. The van der Waals surface area contributed by atoms with Crippen LogP contribution in [0.2, 0.25) is 5.02 Å². The predicted molar refractivity (Wildman–Crippen MR) is 75.7 cm³/mol. The van der Waals surface area contributed by atoms with Crippen molar-refractivity contribution >= 4 is 21.6 Å². The molecule has 2 fully saturated rings. The van der Waals surface area contributed by atoms with E-state index in [4.69, 9.17) is 11.6 Å². The Morgan fingerprint density at radius 1 is 1.00 bits per heavy atom. The van der Waals surface area contributed by atoms with Gasteiger partial charge in [-0.05, 0) is 49.7 Å². The third-order valence-corrected chi connectivity index (χ3v) is 6.64. The molecule has 19 heavy (non-hydrogen) atoms. The van der Waals surface area contributed by atoms with E-state index in [9.17, 15) is 8.42 Å². The molecule has 0 aromatic heterocycles. The van der Waals surface area contributed by atoms with Crippen molar-refractivity contribution in [2.45, 2.75) is 30.6 Å². The molecule has 104 valence electrons. The lowest BCUT2D eigenvalue weighted by molar-refractivity contribution is 0.253. The van der Waals surface area contributed by atoms with E-state index in [1.807, 2.05) is 0 Å². The summed E-state index contributed by atoms with van der Waals surface area (Å²) in [6.07, 6.45) is 4.66. The summed E-state index contributed by atoms with van der Waals surface area (Å²) in [6, 6.07) is 6.69. The van der Waals surface area contributed by atoms with Gasteiger partial charge in [0.2, 0.25) is 10.0 Å². The van der Waals surface area contributed by atoms with Crippen molar-refractivity contribution in [1.29, 1.82) is 0 Å². The Balaban J connectivity index is 1.76. The highest BCUT2D eigenvalue weighted by Gasteiger charge is 2.36. The van der Waals surface area contributed by atoms with Crippen LogP contribution in [-0.4, -0.2) is 25.8 Å². The van der Waals surface area contributed by atoms with Gasteiger partial charge >= 0.3 is 0 Å². The maximum Gasteiger partial charge on any atom is 0.244 e. The van der Waals surface area contributed by atoms with Gasteiger partial charge in [0.05, 0.1) is 5.02 Å². The number of nitrogens with zero attached hydrogens (tertiary/aromatic N) is 1. The largest absolute Gasteiger partial charge is 0.244 e. The standard InChI is InChI=1S/C14H18ClNO2S/c15-13-3-1-2-4-14(13)19(17,18)16-9-7-12(8-10-16)11-5-6-11/h1-4,11-12H,5-10H2. The number of halogens is 1. The molecule has 0 amide bonds. The highest BCUT2D eigenvalue weighted by atomic mass is 35.5. The molecular formula is C14H18ClNO2S. The smallest absolute Gasteiger partial charge is 0.207 e. The van der Waals surface area contributed by atoms with Crippen LogP contribution in [-0.2, 0) is 10.0 Å². The third-order valence-electron chi connectivity index (χ3n) is 4.24. The van der Waals surface area contributed by atoms with Gasteiger partial charge in [-0.25, -0.2) is 8.42 Å². The van der Waals surface area contributed by atoms with Crippen LogP contribution in [0.15, 0.2) is 29.2 Å². The molecule has 1 saturated heterocycles. The molecule has 0 radical (unpaired) electrons. The van der Waals surface area contributed by atoms with Crippen LogP contribution in [0.5, 0.6) is 0 Å². The van der Waals surface area contributed by atoms with E-state index in [1.54, 1.807) is 28.6 Å². The predicted octanol–water partition coefficient (Wildman–Crippen LogP) is 3.15. The average Bonchev–Trinajstić information content (AvgIpc) is 3.23. The Bertz CT molecular complexity index is 561. The van der Waals surface area contributed by atoms with E-state index < -0.39 is 10.0 Å². The highest BCUT2D eigenvalue weighted by molar-refractivity contribution is 7.89. The van der Waals surface area contributed by atoms with Crippen molar-refractivity contribution in [3.05, 3.63) is 29.3 Å². The Morgan fingerprint density at radius 2 is 1.58 bits per heavy atom. The monoisotopic (exact) mass is 299 g/mol. The number of hydrogen-bond acceptors (Lipinski definition) is 2. The molecule has 5 heteroatoms. The number of sulfonamides is 1. The van der Waals surface area contributed by atoms with E-state index in [2.05, 4.69) is 0 Å². The lowest BCUT2D eigenvalue weighted by Gasteiger charge is -2.31. The van der Waals surface area contributed by atoms with Crippen LogP contribution >= 0.6 is 11.6 Å². The van der Waals surface area contributed by atoms with Gasteiger partial charge in [0, 0.05) is 13.1 Å². The molecule has 3 nitrogen and oxygen atoms in total. The number of hydrogen-bond donors (Lipinski definition) is 0. The van der Waals surface area contributed by atoms with Crippen molar-refractivity contribution in [3.8, 4) is 0 Å². The van der Waals surface area contributed by atoms with Crippen molar-refractivity contribution in [2.75, 3.05) is 13.1 Å². The maximum atomic E-state index is 12.5. The van der Waals surface area contributed by atoms with E-state index in [-0.39, 0.29) is 4.90 Å². The second-order valence-electron chi connectivity index (χ2n) is 5.51. The first-order valence-electron chi connectivity index (χ1n) is 6.84. The molecule has 0 N–H and O–H groups in total. The molecule has 0 atom stereocenters. The summed E-state index contributed by atoms with van der Waals surface area (Å²) in [7, 11) is -3.42. The minimum absolute atomic E-state index is 0.238. The summed E-state index contributed by atoms with van der Waals surface area (Å²) in [5, 5.41) is 0.312. The zero-order chi connectivity index (χ0) is 13.5.